The van der Waals surface area contributed by atoms with Crippen LogP contribution in [-0.4, -0.2) is 35.1 Å². The molecular weight excluding hydrogens is 190 g/mol. The summed E-state index contributed by atoms with van der Waals surface area (Å²) in [6.45, 7) is 2.39. The number of carbonyl (C=O) groups is 1. The fraction of sp³-hybridized carbons (Fsp3) is 0.917. The first-order valence-electron chi connectivity index (χ1n) is 6.23. The largest absolute Gasteiger partial charge is 0.481 e. The standard InChI is InChI=1S/C12H21NO2/c14-12(15)9-10-5-4-8-13-7-3-1-2-6-11(10)13/h10-11H,1-9H2,(H,14,15). The Morgan fingerprint density at radius 3 is 2.73 bits per heavy atom. The minimum atomic E-state index is -0.619. The van der Waals surface area contributed by atoms with Crippen LogP contribution in [0.4, 0.5) is 0 Å². The minimum absolute atomic E-state index is 0.376. The first-order valence-corrected chi connectivity index (χ1v) is 6.23. The molecule has 0 aromatic carbocycles. The minimum Gasteiger partial charge on any atom is -0.481 e. The highest BCUT2D eigenvalue weighted by Gasteiger charge is 2.32. The molecule has 3 nitrogen and oxygen atoms in total. The maximum atomic E-state index is 10.8. The Morgan fingerprint density at radius 2 is 1.93 bits per heavy atom. The van der Waals surface area contributed by atoms with Crippen molar-refractivity contribution in [2.45, 2.75) is 51.0 Å². The molecule has 0 aromatic rings. The van der Waals surface area contributed by atoms with E-state index in [0.29, 0.717) is 18.4 Å². The van der Waals surface area contributed by atoms with Crippen molar-refractivity contribution in [1.82, 2.24) is 4.90 Å². The molecule has 1 N–H and O–H groups in total. The molecule has 0 aliphatic carbocycles. The van der Waals surface area contributed by atoms with Crippen LogP contribution >= 0.6 is 0 Å². The number of hydrogen-bond acceptors (Lipinski definition) is 2. The van der Waals surface area contributed by atoms with Gasteiger partial charge in [0.1, 0.15) is 0 Å². The fourth-order valence-electron chi connectivity index (χ4n) is 3.22. The number of carboxylic acid groups (broad SMARTS) is 1. The number of nitrogens with zero attached hydrogens (tertiary/aromatic N) is 1. The molecule has 0 saturated carbocycles. The van der Waals surface area contributed by atoms with Crippen LogP contribution in [0.3, 0.4) is 0 Å². The lowest BCUT2D eigenvalue weighted by Gasteiger charge is -2.40. The van der Waals surface area contributed by atoms with Gasteiger partial charge in [-0.15, -0.1) is 0 Å². The zero-order valence-corrected chi connectivity index (χ0v) is 9.32. The Bertz CT molecular complexity index is 230. The van der Waals surface area contributed by atoms with Gasteiger partial charge >= 0.3 is 5.97 Å². The van der Waals surface area contributed by atoms with Crippen molar-refractivity contribution in [3.63, 3.8) is 0 Å². The smallest absolute Gasteiger partial charge is 0.303 e. The molecule has 15 heavy (non-hydrogen) atoms. The predicted molar refractivity (Wildman–Crippen MR) is 58.8 cm³/mol. The van der Waals surface area contributed by atoms with Gasteiger partial charge in [-0.1, -0.05) is 12.8 Å². The van der Waals surface area contributed by atoms with Crippen LogP contribution in [-0.2, 0) is 4.79 Å². The monoisotopic (exact) mass is 211 g/mol. The summed E-state index contributed by atoms with van der Waals surface area (Å²) in [5, 5.41) is 8.91. The maximum absolute atomic E-state index is 10.8. The van der Waals surface area contributed by atoms with Crippen LogP contribution in [0.25, 0.3) is 0 Å². The third-order valence-electron chi connectivity index (χ3n) is 3.92. The molecule has 0 bridgehead atoms. The molecule has 3 heteroatoms. The normalized spacial score (nSPS) is 33.1. The van der Waals surface area contributed by atoms with Crippen molar-refractivity contribution in [3.05, 3.63) is 0 Å². The van der Waals surface area contributed by atoms with E-state index < -0.39 is 5.97 Å². The molecule has 0 aromatic heterocycles. The van der Waals surface area contributed by atoms with Crippen molar-refractivity contribution in [3.8, 4) is 0 Å². The number of carboxylic acids is 1. The van der Waals surface area contributed by atoms with Crippen molar-refractivity contribution >= 4 is 5.97 Å². The number of aliphatic carboxylic acids is 1. The van der Waals surface area contributed by atoms with E-state index in [0.717, 1.165) is 6.42 Å². The van der Waals surface area contributed by atoms with E-state index in [2.05, 4.69) is 4.90 Å². The molecule has 86 valence electrons. The lowest BCUT2D eigenvalue weighted by atomic mass is 9.84. The van der Waals surface area contributed by atoms with E-state index in [1.165, 1.54) is 45.2 Å². The fourth-order valence-corrected chi connectivity index (χ4v) is 3.22. The zero-order valence-electron chi connectivity index (χ0n) is 9.32. The van der Waals surface area contributed by atoms with Crippen molar-refractivity contribution in [1.29, 1.82) is 0 Å². The van der Waals surface area contributed by atoms with Gasteiger partial charge in [-0.2, -0.15) is 0 Å². The SMILES string of the molecule is O=C(O)CC1CCCN2CCCCCC12. The highest BCUT2D eigenvalue weighted by molar-refractivity contribution is 5.67. The Kier molecular flexibility index (Phi) is 3.62. The number of fused-ring (bicyclic) bond motifs is 1. The molecule has 2 aliphatic heterocycles. The van der Waals surface area contributed by atoms with Crippen LogP contribution in [0.15, 0.2) is 0 Å². The predicted octanol–water partition coefficient (Wildman–Crippen LogP) is 2.12. The van der Waals surface area contributed by atoms with E-state index in [1.807, 2.05) is 0 Å². The Labute approximate surface area is 91.5 Å². The number of hydrogen-bond donors (Lipinski definition) is 1. The van der Waals surface area contributed by atoms with E-state index in [9.17, 15) is 4.79 Å². The highest BCUT2D eigenvalue weighted by atomic mass is 16.4. The third kappa shape index (κ3) is 2.71. The van der Waals surface area contributed by atoms with Crippen molar-refractivity contribution in [2.75, 3.05) is 13.1 Å². The first-order chi connectivity index (χ1) is 7.27. The second-order valence-electron chi connectivity index (χ2n) is 4.95. The molecule has 2 unspecified atom stereocenters. The lowest BCUT2D eigenvalue weighted by Crippen LogP contribution is -2.45. The molecule has 2 heterocycles. The van der Waals surface area contributed by atoms with Gasteiger partial charge in [0.15, 0.2) is 0 Å². The van der Waals surface area contributed by atoms with E-state index in [1.54, 1.807) is 0 Å². The molecule has 2 aliphatic rings. The molecule has 0 spiro atoms. The zero-order chi connectivity index (χ0) is 10.7. The van der Waals surface area contributed by atoms with E-state index in [4.69, 9.17) is 5.11 Å². The Hall–Kier alpha value is -0.570. The highest BCUT2D eigenvalue weighted by Crippen LogP contribution is 2.31. The first kappa shape index (κ1) is 10.9. The van der Waals surface area contributed by atoms with Gasteiger partial charge in [0.2, 0.25) is 0 Å². The average Bonchev–Trinajstić information content (AvgIpc) is 2.42. The van der Waals surface area contributed by atoms with Gasteiger partial charge in [-0.25, -0.2) is 0 Å². The summed E-state index contributed by atoms with van der Waals surface area (Å²) in [5.41, 5.74) is 0. The molecule has 2 saturated heterocycles. The Balaban J connectivity index is 2.00. The Morgan fingerprint density at radius 1 is 1.13 bits per heavy atom. The third-order valence-corrected chi connectivity index (χ3v) is 3.92. The van der Waals surface area contributed by atoms with Crippen LogP contribution in [0, 0.1) is 5.92 Å². The summed E-state index contributed by atoms with van der Waals surface area (Å²) in [6.07, 6.45) is 7.82. The molecule has 2 rings (SSSR count). The maximum Gasteiger partial charge on any atom is 0.303 e. The van der Waals surface area contributed by atoms with Gasteiger partial charge in [0.05, 0.1) is 0 Å². The van der Waals surface area contributed by atoms with Crippen LogP contribution < -0.4 is 0 Å². The summed E-state index contributed by atoms with van der Waals surface area (Å²) in [5.74, 6) is -0.208. The van der Waals surface area contributed by atoms with Gasteiger partial charge in [0, 0.05) is 12.5 Å². The second-order valence-corrected chi connectivity index (χ2v) is 4.95. The van der Waals surface area contributed by atoms with Gasteiger partial charge < -0.3 is 10.0 Å². The summed E-state index contributed by atoms with van der Waals surface area (Å²) < 4.78 is 0. The molecule has 0 radical (unpaired) electrons. The second kappa shape index (κ2) is 4.97. The van der Waals surface area contributed by atoms with E-state index >= 15 is 0 Å². The van der Waals surface area contributed by atoms with Crippen molar-refractivity contribution in [2.24, 2.45) is 5.92 Å². The quantitative estimate of drug-likeness (QED) is 0.760. The average molecular weight is 211 g/mol. The van der Waals surface area contributed by atoms with Crippen LogP contribution in [0.1, 0.15) is 44.9 Å². The summed E-state index contributed by atoms with van der Waals surface area (Å²) in [4.78, 5) is 13.4. The number of rotatable bonds is 2. The van der Waals surface area contributed by atoms with Crippen molar-refractivity contribution < 1.29 is 9.90 Å². The number of piperidine rings is 1. The summed E-state index contributed by atoms with van der Waals surface area (Å²) >= 11 is 0. The van der Waals surface area contributed by atoms with Gasteiger partial charge in [0.25, 0.3) is 0 Å². The molecule has 2 atom stereocenters. The van der Waals surface area contributed by atoms with E-state index in [-0.39, 0.29) is 0 Å². The van der Waals surface area contributed by atoms with Gasteiger partial charge in [-0.05, 0) is 44.7 Å². The lowest BCUT2D eigenvalue weighted by molar-refractivity contribution is -0.139. The van der Waals surface area contributed by atoms with Crippen LogP contribution in [0.2, 0.25) is 0 Å². The molecule has 2 fully saturated rings. The topological polar surface area (TPSA) is 40.5 Å². The van der Waals surface area contributed by atoms with Crippen LogP contribution in [0.5, 0.6) is 0 Å². The summed E-state index contributed by atoms with van der Waals surface area (Å²) in [7, 11) is 0. The molecular formula is C12H21NO2. The molecule has 0 amide bonds. The summed E-state index contributed by atoms with van der Waals surface area (Å²) in [6, 6.07) is 0.567. The van der Waals surface area contributed by atoms with Gasteiger partial charge in [-0.3, -0.25) is 4.79 Å².